The Balaban J connectivity index is 1.73. The SMILES string of the molecule is CC(C)(C)OC(=O)N1CC=C(CNCc2csc(Br)c2)CC1. The lowest BCUT2D eigenvalue weighted by Gasteiger charge is -2.29. The molecule has 22 heavy (non-hydrogen) atoms. The summed E-state index contributed by atoms with van der Waals surface area (Å²) < 4.78 is 6.55. The number of carbonyl (C=O) groups is 1. The average molecular weight is 387 g/mol. The minimum absolute atomic E-state index is 0.223. The van der Waals surface area contributed by atoms with E-state index in [9.17, 15) is 4.79 Å². The van der Waals surface area contributed by atoms with Crippen LogP contribution in [0.15, 0.2) is 26.9 Å². The van der Waals surface area contributed by atoms with E-state index in [0.717, 1.165) is 29.8 Å². The van der Waals surface area contributed by atoms with Gasteiger partial charge in [-0.25, -0.2) is 4.79 Å². The second kappa shape index (κ2) is 7.62. The van der Waals surface area contributed by atoms with E-state index >= 15 is 0 Å². The number of nitrogens with zero attached hydrogens (tertiary/aromatic N) is 1. The van der Waals surface area contributed by atoms with Crippen molar-refractivity contribution in [2.24, 2.45) is 0 Å². The first-order chi connectivity index (χ1) is 10.3. The zero-order valence-electron chi connectivity index (χ0n) is 13.3. The molecule has 0 fully saturated rings. The first-order valence-electron chi connectivity index (χ1n) is 7.43. The van der Waals surface area contributed by atoms with Crippen LogP contribution in [0.25, 0.3) is 0 Å². The molecule has 0 aliphatic carbocycles. The quantitative estimate of drug-likeness (QED) is 0.789. The van der Waals surface area contributed by atoms with E-state index in [1.165, 1.54) is 11.1 Å². The van der Waals surface area contributed by atoms with E-state index in [4.69, 9.17) is 4.74 Å². The van der Waals surface area contributed by atoms with Crippen molar-refractivity contribution in [1.82, 2.24) is 10.2 Å². The Bertz CT molecular complexity index is 549. The van der Waals surface area contributed by atoms with Crippen molar-refractivity contribution < 1.29 is 9.53 Å². The molecular weight excluding hydrogens is 364 g/mol. The maximum Gasteiger partial charge on any atom is 0.410 e. The second-order valence-corrected chi connectivity index (χ2v) is 8.69. The number of amides is 1. The van der Waals surface area contributed by atoms with Crippen LogP contribution in [0.2, 0.25) is 0 Å². The molecule has 2 rings (SSSR count). The summed E-state index contributed by atoms with van der Waals surface area (Å²) in [5, 5.41) is 5.60. The summed E-state index contributed by atoms with van der Waals surface area (Å²) in [4.78, 5) is 13.7. The Labute approximate surface area is 144 Å². The largest absolute Gasteiger partial charge is 0.444 e. The zero-order chi connectivity index (χ0) is 16.2. The molecule has 0 saturated heterocycles. The van der Waals surface area contributed by atoms with Gasteiger partial charge in [0.15, 0.2) is 0 Å². The van der Waals surface area contributed by atoms with Crippen LogP contribution in [0.1, 0.15) is 32.8 Å². The van der Waals surface area contributed by atoms with E-state index in [1.807, 2.05) is 20.8 Å². The maximum absolute atomic E-state index is 12.0. The van der Waals surface area contributed by atoms with E-state index in [0.29, 0.717) is 6.54 Å². The van der Waals surface area contributed by atoms with Crippen molar-refractivity contribution >= 4 is 33.4 Å². The van der Waals surface area contributed by atoms with Gasteiger partial charge in [-0.3, -0.25) is 0 Å². The van der Waals surface area contributed by atoms with Gasteiger partial charge in [0.05, 0.1) is 3.79 Å². The fourth-order valence-corrected chi connectivity index (χ4v) is 3.38. The van der Waals surface area contributed by atoms with Crippen LogP contribution in [0.5, 0.6) is 0 Å². The zero-order valence-corrected chi connectivity index (χ0v) is 15.7. The van der Waals surface area contributed by atoms with Gasteiger partial charge in [-0.1, -0.05) is 11.6 Å². The Hall–Kier alpha value is -0.850. The van der Waals surface area contributed by atoms with E-state index in [-0.39, 0.29) is 6.09 Å². The summed E-state index contributed by atoms with van der Waals surface area (Å²) in [5.41, 5.74) is 2.22. The monoisotopic (exact) mass is 386 g/mol. The smallest absolute Gasteiger partial charge is 0.410 e. The molecule has 1 aliphatic rings. The number of thiophene rings is 1. The first kappa shape index (κ1) is 17.5. The van der Waals surface area contributed by atoms with Crippen LogP contribution >= 0.6 is 27.3 Å². The number of halogens is 1. The molecule has 1 N–H and O–H groups in total. The van der Waals surface area contributed by atoms with Gasteiger partial charge in [0.1, 0.15) is 5.60 Å². The number of carbonyl (C=O) groups excluding carboxylic acids is 1. The molecule has 4 nitrogen and oxygen atoms in total. The molecule has 0 saturated carbocycles. The summed E-state index contributed by atoms with van der Waals surface area (Å²) in [6.45, 7) is 8.78. The number of hydrogen-bond acceptors (Lipinski definition) is 4. The molecule has 0 spiro atoms. The Morgan fingerprint density at radius 3 is 2.77 bits per heavy atom. The minimum Gasteiger partial charge on any atom is -0.444 e. The summed E-state index contributed by atoms with van der Waals surface area (Å²) in [5.74, 6) is 0. The fourth-order valence-electron chi connectivity index (χ4n) is 2.17. The topological polar surface area (TPSA) is 41.6 Å². The highest BCUT2D eigenvalue weighted by molar-refractivity contribution is 9.11. The summed E-state index contributed by atoms with van der Waals surface area (Å²) in [6.07, 6.45) is 2.81. The molecule has 0 aromatic carbocycles. The molecule has 0 bridgehead atoms. The van der Waals surface area contributed by atoms with Crippen LogP contribution in [0.3, 0.4) is 0 Å². The van der Waals surface area contributed by atoms with Crippen molar-refractivity contribution in [3.63, 3.8) is 0 Å². The highest BCUT2D eigenvalue weighted by Crippen LogP contribution is 2.20. The molecule has 0 radical (unpaired) electrons. The van der Waals surface area contributed by atoms with Gasteiger partial charge in [0.2, 0.25) is 0 Å². The normalized spacial score (nSPS) is 15.6. The van der Waals surface area contributed by atoms with Gasteiger partial charge in [-0.15, -0.1) is 11.3 Å². The van der Waals surface area contributed by atoms with Crippen molar-refractivity contribution in [2.45, 2.75) is 39.3 Å². The first-order valence-corrected chi connectivity index (χ1v) is 9.10. The highest BCUT2D eigenvalue weighted by atomic mass is 79.9. The lowest BCUT2D eigenvalue weighted by molar-refractivity contribution is 0.0265. The van der Waals surface area contributed by atoms with Gasteiger partial charge in [-0.2, -0.15) is 0 Å². The number of nitrogens with one attached hydrogen (secondary N) is 1. The third-order valence-electron chi connectivity index (χ3n) is 3.26. The number of ether oxygens (including phenoxy) is 1. The molecule has 6 heteroatoms. The van der Waals surface area contributed by atoms with Crippen molar-refractivity contribution in [3.8, 4) is 0 Å². The molecule has 1 amide bonds. The van der Waals surface area contributed by atoms with Crippen LogP contribution < -0.4 is 5.32 Å². The molecule has 0 unspecified atom stereocenters. The number of rotatable bonds is 4. The predicted molar refractivity (Wildman–Crippen MR) is 94.2 cm³/mol. The van der Waals surface area contributed by atoms with Crippen molar-refractivity contribution in [1.29, 1.82) is 0 Å². The molecular formula is C16H23BrN2O2S. The second-order valence-electron chi connectivity index (χ2n) is 6.40. The van der Waals surface area contributed by atoms with Crippen molar-refractivity contribution in [2.75, 3.05) is 19.6 Å². The van der Waals surface area contributed by atoms with Gasteiger partial charge >= 0.3 is 6.09 Å². The van der Waals surface area contributed by atoms with Crippen LogP contribution in [0, 0.1) is 0 Å². The van der Waals surface area contributed by atoms with E-state index < -0.39 is 5.60 Å². The lowest BCUT2D eigenvalue weighted by Crippen LogP contribution is -2.39. The molecule has 1 aliphatic heterocycles. The van der Waals surface area contributed by atoms with Crippen LogP contribution in [-0.4, -0.2) is 36.2 Å². The summed E-state index contributed by atoms with van der Waals surface area (Å²) in [6, 6.07) is 2.14. The van der Waals surface area contributed by atoms with Crippen LogP contribution in [-0.2, 0) is 11.3 Å². The van der Waals surface area contributed by atoms with E-state index in [1.54, 1.807) is 16.2 Å². The maximum atomic E-state index is 12.0. The molecule has 0 atom stereocenters. The lowest BCUT2D eigenvalue weighted by atomic mass is 10.1. The van der Waals surface area contributed by atoms with Gasteiger partial charge < -0.3 is 15.0 Å². The average Bonchev–Trinajstić information content (AvgIpc) is 2.83. The Morgan fingerprint density at radius 2 is 2.23 bits per heavy atom. The van der Waals surface area contributed by atoms with Gasteiger partial charge in [-0.05, 0) is 60.1 Å². The molecule has 122 valence electrons. The molecule has 2 heterocycles. The Morgan fingerprint density at radius 1 is 1.45 bits per heavy atom. The standard InChI is InChI=1S/C16H23BrN2O2S/c1-16(2,3)21-15(20)19-6-4-12(5-7-19)9-18-10-13-8-14(17)22-11-13/h4,8,11,18H,5-7,9-10H2,1-3H3. The summed E-state index contributed by atoms with van der Waals surface area (Å²) in [7, 11) is 0. The van der Waals surface area contributed by atoms with Gasteiger partial charge in [0.25, 0.3) is 0 Å². The minimum atomic E-state index is -0.433. The van der Waals surface area contributed by atoms with Gasteiger partial charge in [0, 0.05) is 26.2 Å². The molecule has 1 aromatic heterocycles. The van der Waals surface area contributed by atoms with E-state index in [2.05, 4.69) is 38.8 Å². The third kappa shape index (κ3) is 5.74. The number of hydrogen-bond donors (Lipinski definition) is 1. The Kier molecular flexibility index (Phi) is 6.06. The molecule has 1 aromatic rings. The third-order valence-corrected chi connectivity index (χ3v) is 4.81. The fraction of sp³-hybridized carbons (Fsp3) is 0.562. The van der Waals surface area contributed by atoms with Crippen molar-refractivity contribution in [3.05, 3.63) is 32.4 Å². The van der Waals surface area contributed by atoms with Crippen LogP contribution in [0.4, 0.5) is 4.79 Å². The predicted octanol–water partition coefficient (Wildman–Crippen LogP) is 4.17. The summed E-state index contributed by atoms with van der Waals surface area (Å²) >= 11 is 5.17. The highest BCUT2D eigenvalue weighted by Gasteiger charge is 2.23.